The topological polar surface area (TPSA) is 98.6 Å². The second-order valence-corrected chi connectivity index (χ2v) is 9.74. The van der Waals surface area contributed by atoms with Crippen LogP contribution in [0.1, 0.15) is 69.3 Å². The number of aromatic nitrogens is 4. The van der Waals surface area contributed by atoms with Crippen molar-refractivity contribution in [3.63, 3.8) is 0 Å². The molecular weight excluding hydrogens is 485 g/mol. The van der Waals surface area contributed by atoms with E-state index in [2.05, 4.69) is 15.1 Å². The van der Waals surface area contributed by atoms with E-state index in [4.69, 9.17) is 14.6 Å². The SMILES string of the molecule is [2H]C([2H])([2H])N1C(=O)c2cccc(OC(F)F)c2[C@H]2C[C@@H]1c1nn3ccc(-c4cnc(C(C)(C)N)nc4F)cc3c12. The zero-order valence-corrected chi connectivity index (χ0v) is 19.7. The van der Waals surface area contributed by atoms with Crippen molar-refractivity contribution >= 4 is 11.4 Å². The van der Waals surface area contributed by atoms with Gasteiger partial charge in [-0.15, -0.1) is 0 Å². The molecule has 1 aliphatic heterocycles. The zero-order chi connectivity index (χ0) is 28.7. The lowest BCUT2D eigenvalue weighted by Gasteiger charge is -2.23. The summed E-state index contributed by atoms with van der Waals surface area (Å²) in [4.78, 5) is 22.4. The number of carbonyl (C=O) groups excluding carboxylic acids is 1. The van der Waals surface area contributed by atoms with E-state index in [1.54, 1.807) is 32.2 Å². The molecule has 0 spiro atoms. The predicted octanol–water partition coefficient (Wildman–Crippen LogP) is 4.39. The minimum absolute atomic E-state index is 0.0395. The van der Waals surface area contributed by atoms with E-state index in [1.165, 1.54) is 28.9 Å². The number of nitrogens with two attached hydrogens (primary N) is 1. The van der Waals surface area contributed by atoms with Gasteiger partial charge >= 0.3 is 6.61 Å². The highest BCUT2D eigenvalue weighted by Gasteiger charge is 2.46. The maximum absolute atomic E-state index is 15.1. The van der Waals surface area contributed by atoms with Gasteiger partial charge in [0, 0.05) is 46.1 Å². The molecule has 0 radical (unpaired) electrons. The molecule has 4 aromatic rings. The first-order valence-corrected chi connectivity index (χ1v) is 11.5. The molecule has 0 saturated carbocycles. The van der Waals surface area contributed by atoms with Crippen LogP contribution in [0.5, 0.6) is 5.75 Å². The smallest absolute Gasteiger partial charge is 0.387 e. The number of halogens is 3. The van der Waals surface area contributed by atoms with E-state index in [0.29, 0.717) is 22.3 Å². The lowest BCUT2D eigenvalue weighted by molar-refractivity contribution is -0.0505. The fraction of sp³-hybridized carbons (Fsp3) is 0.308. The van der Waals surface area contributed by atoms with E-state index in [1.807, 2.05) is 0 Å². The highest BCUT2D eigenvalue weighted by atomic mass is 19.3. The van der Waals surface area contributed by atoms with E-state index >= 15 is 4.39 Å². The Morgan fingerprint density at radius 2 is 2.05 bits per heavy atom. The summed E-state index contributed by atoms with van der Waals surface area (Å²) in [6.45, 7) is -2.70. The van der Waals surface area contributed by atoms with Gasteiger partial charge in [0.05, 0.1) is 28.4 Å². The van der Waals surface area contributed by atoms with Gasteiger partial charge in [-0.3, -0.25) is 4.79 Å². The van der Waals surface area contributed by atoms with Gasteiger partial charge in [0.15, 0.2) is 5.82 Å². The maximum atomic E-state index is 15.1. The van der Waals surface area contributed by atoms with Crippen molar-refractivity contribution < 1.29 is 26.8 Å². The van der Waals surface area contributed by atoms with Gasteiger partial charge in [-0.05, 0) is 50.1 Å². The number of hydrogen-bond donors (Lipinski definition) is 1. The maximum Gasteiger partial charge on any atom is 0.387 e. The van der Waals surface area contributed by atoms with E-state index < -0.39 is 42.9 Å². The quantitative estimate of drug-likeness (QED) is 0.408. The van der Waals surface area contributed by atoms with Crippen molar-refractivity contribution in [1.29, 1.82) is 0 Å². The third kappa shape index (κ3) is 3.56. The second kappa shape index (κ2) is 8.01. The minimum Gasteiger partial charge on any atom is -0.434 e. The molecule has 6 rings (SSSR count). The number of carbonyl (C=O) groups is 1. The molecule has 190 valence electrons. The molecule has 1 aromatic carbocycles. The molecule has 2 bridgehead atoms. The van der Waals surface area contributed by atoms with Crippen molar-refractivity contribution in [2.24, 2.45) is 5.73 Å². The first-order chi connectivity index (χ1) is 18.8. The van der Waals surface area contributed by atoms with Crippen molar-refractivity contribution in [1.82, 2.24) is 24.5 Å². The van der Waals surface area contributed by atoms with E-state index in [9.17, 15) is 13.6 Å². The van der Waals surface area contributed by atoms with Crippen molar-refractivity contribution in [2.45, 2.75) is 44.4 Å². The summed E-state index contributed by atoms with van der Waals surface area (Å²) in [7, 11) is 0. The first kappa shape index (κ1) is 20.1. The molecule has 0 saturated heterocycles. The summed E-state index contributed by atoms with van der Waals surface area (Å²) in [5.74, 6) is -2.40. The van der Waals surface area contributed by atoms with Crippen molar-refractivity contribution in [2.75, 3.05) is 6.98 Å². The van der Waals surface area contributed by atoms with Crippen LogP contribution in [0, 0.1) is 5.95 Å². The predicted molar refractivity (Wildman–Crippen MR) is 128 cm³/mol. The molecule has 4 heterocycles. The number of hydrogen-bond acceptors (Lipinski definition) is 6. The van der Waals surface area contributed by atoms with Crippen LogP contribution in [0.25, 0.3) is 16.6 Å². The Bertz CT molecular complexity index is 1680. The first-order valence-electron chi connectivity index (χ1n) is 13.0. The molecule has 37 heavy (non-hydrogen) atoms. The van der Waals surface area contributed by atoms with Crippen LogP contribution < -0.4 is 10.5 Å². The number of benzene rings is 1. The molecular formula is C26H23F3N6O2. The Morgan fingerprint density at radius 3 is 2.76 bits per heavy atom. The van der Waals surface area contributed by atoms with Crippen LogP contribution in [0.2, 0.25) is 0 Å². The minimum atomic E-state index is -3.17. The number of rotatable bonds is 4. The fourth-order valence-corrected chi connectivity index (χ4v) is 5.22. The molecule has 2 atom stereocenters. The third-order valence-electron chi connectivity index (χ3n) is 6.85. The van der Waals surface area contributed by atoms with Gasteiger partial charge < -0.3 is 15.4 Å². The van der Waals surface area contributed by atoms with Crippen LogP contribution in [0.15, 0.2) is 42.7 Å². The normalized spacial score (nSPS) is 20.4. The Kier molecular flexibility index (Phi) is 4.35. The van der Waals surface area contributed by atoms with E-state index in [0.717, 1.165) is 4.90 Å². The number of nitrogens with zero attached hydrogens (tertiary/aromatic N) is 5. The standard InChI is InChI=1S/C26H23F3N6O2/c1-26(2,30)24-31-11-15(22(27)32-24)12-7-8-35-16(9-12)20-14-10-17(21(20)33-35)34(3)23(36)13-5-4-6-18(19(13)14)37-25(28)29/h4-9,11,14,17,25H,10,30H2,1-3H3/t14-,17-/m1/s1/i3D3. The molecule has 2 N–H and O–H groups in total. The monoisotopic (exact) mass is 511 g/mol. The van der Waals surface area contributed by atoms with E-state index in [-0.39, 0.29) is 34.7 Å². The highest BCUT2D eigenvalue weighted by Crippen LogP contribution is 2.53. The Hall–Kier alpha value is -3.99. The van der Waals surface area contributed by atoms with Crippen LogP contribution in [0.4, 0.5) is 13.2 Å². The summed E-state index contributed by atoms with van der Waals surface area (Å²) >= 11 is 0. The van der Waals surface area contributed by atoms with Gasteiger partial charge in [-0.1, -0.05) is 6.07 Å². The average Bonchev–Trinajstić information content (AvgIpc) is 3.35. The van der Waals surface area contributed by atoms with Crippen LogP contribution in [0.3, 0.4) is 0 Å². The van der Waals surface area contributed by atoms with Crippen LogP contribution in [-0.4, -0.2) is 44.0 Å². The van der Waals surface area contributed by atoms with Gasteiger partial charge in [0.25, 0.3) is 5.91 Å². The number of alkyl halides is 2. The summed E-state index contributed by atoms with van der Waals surface area (Å²) in [6.07, 6.45) is 2.99. The molecule has 8 nitrogen and oxygen atoms in total. The third-order valence-corrected chi connectivity index (χ3v) is 6.85. The summed E-state index contributed by atoms with van der Waals surface area (Å²) in [5.41, 5.74) is 7.03. The number of ether oxygens (including phenoxy) is 1. The number of pyridine rings is 1. The van der Waals surface area contributed by atoms with Crippen LogP contribution in [-0.2, 0) is 5.54 Å². The molecule has 11 heteroatoms. The lowest BCUT2D eigenvalue weighted by atomic mass is 9.88. The van der Waals surface area contributed by atoms with Gasteiger partial charge in [0.2, 0.25) is 5.95 Å². The largest absolute Gasteiger partial charge is 0.434 e. The van der Waals surface area contributed by atoms with Crippen molar-refractivity contribution in [3.05, 3.63) is 76.9 Å². The number of amides is 1. The Morgan fingerprint density at radius 1 is 1.24 bits per heavy atom. The second-order valence-electron chi connectivity index (χ2n) is 9.74. The lowest BCUT2D eigenvalue weighted by Crippen LogP contribution is -2.31. The fourth-order valence-electron chi connectivity index (χ4n) is 5.22. The molecule has 1 aliphatic carbocycles. The average molecular weight is 512 g/mol. The summed E-state index contributed by atoms with van der Waals surface area (Å²) in [6, 6.07) is 6.38. The highest BCUT2D eigenvalue weighted by molar-refractivity contribution is 5.98. The summed E-state index contributed by atoms with van der Waals surface area (Å²) in [5, 5.41) is 4.59. The molecule has 0 unspecified atom stereocenters. The molecule has 3 aromatic heterocycles. The number of fused-ring (bicyclic) bond motifs is 9. The molecule has 1 amide bonds. The van der Waals surface area contributed by atoms with Gasteiger partial charge in [-0.25, -0.2) is 14.5 Å². The Balaban J connectivity index is 1.58. The Labute approximate surface area is 214 Å². The van der Waals surface area contributed by atoms with Gasteiger partial charge in [0.1, 0.15) is 5.75 Å². The van der Waals surface area contributed by atoms with Gasteiger partial charge in [-0.2, -0.15) is 18.3 Å². The zero-order valence-electron chi connectivity index (χ0n) is 22.7. The summed E-state index contributed by atoms with van der Waals surface area (Å²) < 4.78 is 72.5. The molecule has 0 fully saturated rings. The molecule has 2 aliphatic rings. The van der Waals surface area contributed by atoms with Crippen LogP contribution >= 0.6 is 0 Å². The van der Waals surface area contributed by atoms with Crippen molar-refractivity contribution in [3.8, 4) is 16.9 Å².